The Balaban J connectivity index is 2.54. The van der Waals surface area contributed by atoms with Crippen LogP contribution in [0.3, 0.4) is 0 Å². The minimum Gasteiger partial charge on any atom is -0.326 e. The van der Waals surface area contributed by atoms with Crippen molar-refractivity contribution in [3.63, 3.8) is 0 Å². The van der Waals surface area contributed by atoms with Crippen LogP contribution in [0.25, 0.3) is 0 Å². The molecule has 1 atom stereocenters. The van der Waals surface area contributed by atoms with Gasteiger partial charge in [0.25, 0.3) is 0 Å². The minimum atomic E-state index is 0.319. The third-order valence-corrected chi connectivity index (χ3v) is 1.95. The summed E-state index contributed by atoms with van der Waals surface area (Å²) < 4.78 is 0. The molecule has 3 N–H and O–H groups in total. The van der Waals surface area contributed by atoms with E-state index in [1.165, 1.54) is 0 Å². The summed E-state index contributed by atoms with van der Waals surface area (Å²) in [5.74, 6) is 0. The summed E-state index contributed by atoms with van der Waals surface area (Å²) in [6.45, 7) is 6.43. The van der Waals surface area contributed by atoms with Gasteiger partial charge < -0.3 is 11.1 Å². The topological polar surface area (TPSA) is 38.0 Å². The van der Waals surface area contributed by atoms with E-state index < -0.39 is 0 Å². The molecule has 1 unspecified atom stereocenters. The molecule has 0 saturated carbocycles. The Morgan fingerprint density at radius 2 is 2.25 bits per heavy atom. The first-order valence-corrected chi connectivity index (χ1v) is 3.09. The minimum absolute atomic E-state index is 0.319. The highest BCUT2D eigenvalue weighted by Gasteiger charge is 2.30. The molecule has 2 heteroatoms. The Morgan fingerprint density at radius 3 is 2.38 bits per heavy atom. The highest BCUT2D eigenvalue weighted by molar-refractivity contribution is 4.90. The SMILES string of the molecule is CC1(C)CNCC1N. The molecule has 0 aromatic rings. The second kappa shape index (κ2) is 1.71. The molecule has 48 valence electrons. The van der Waals surface area contributed by atoms with Gasteiger partial charge in [0.05, 0.1) is 0 Å². The van der Waals surface area contributed by atoms with Gasteiger partial charge in [-0.25, -0.2) is 0 Å². The predicted octanol–water partition coefficient (Wildman–Crippen LogP) is -0.0569. The summed E-state index contributed by atoms with van der Waals surface area (Å²) in [6, 6.07) is 0.350. The zero-order valence-electron chi connectivity index (χ0n) is 5.57. The molecule has 0 amide bonds. The van der Waals surface area contributed by atoms with E-state index in [0.29, 0.717) is 11.5 Å². The van der Waals surface area contributed by atoms with Crippen molar-refractivity contribution in [3.05, 3.63) is 0 Å². The second-order valence-corrected chi connectivity index (χ2v) is 3.23. The van der Waals surface area contributed by atoms with E-state index in [4.69, 9.17) is 5.73 Å². The van der Waals surface area contributed by atoms with Crippen molar-refractivity contribution in [2.75, 3.05) is 13.1 Å². The number of nitrogens with one attached hydrogen (secondary N) is 1. The van der Waals surface area contributed by atoms with Gasteiger partial charge in [-0.05, 0) is 5.41 Å². The number of rotatable bonds is 0. The van der Waals surface area contributed by atoms with E-state index in [2.05, 4.69) is 19.2 Å². The van der Waals surface area contributed by atoms with Gasteiger partial charge in [-0.3, -0.25) is 0 Å². The van der Waals surface area contributed by atoms with Crippen LogP contribution in [0, 0.1) is 5.41 Å². The van der Waals surface area contributed by atoms with E-state index in [1.54, 1.807) is 0 Å². The van der Waals surface area contributed by atoms with E-state index in [1.807, 2.05) is 0 Å². The van der Waals surface area contributed by atoms with Crippen molar-refractivity contribution >= 4 is 0 Å². The Hall–Kier alpha value is -0.0800. The fraction of sp³-hybridized carbons (Fsp3) is 1.00. The lowest BCUT2D eigenvalue weighted by Crippen LogP contribution is -2.35. The molecule has 1 saturated heterocycles. The van der Waals surface area contributed by atoms with Crippen molar-refractivity contribution in [1.29, 1.82) is 0 Å². The van der Waals surface area contributed by atoms with Crippen LogP contribution in [0.5, 0.6) is 0 Å². The van der Waals surface area contributed by atoms with Crippen molar-refractivity contribution in [1.82, 2.24) is 5.32 Å². The third kappa shape index (κ3) is 0.858. The number of nitrogens with two attached hydrogens (primary N) is 1. The molecule has 2 nitrogen and oxygen atoms in total. The lowest BCUT2D eigenvalue weighted by atomic mass is 9.89. The van der Waals surface area contributed by atoms with E-state index in [9.17, 15) is 0 Å². The first kappa shape index (κ1) is 6.05. The average Bonchev–Trinajstić information content (AvgIpc) is 1.86. The molecule has 1 rings (SSSR count). The first-order chi connectivity index (χ1) is 3.63. The Bertz CT molecular complexity index is 88.5. The highest BCUT2D eigenvalue weighted by Crippen LogP contribution is 2.21. The summed E-state index contributed by atoms with van der Waals surface area (Å²) in [5, 5.41) is 3.24. The van der Waals surface area contributed by atoms with Crippen LogP contribution in [-0.4, -0.2) is 19.1 Å². The first-order valence-electron chi connectivity index (χ1n) is 3.09. The molecule has 1 aliphatic rings. The van der Waals surface area contributed by atoms with E-state index >= 15 is 0 Å². The fourth-order valence-electron chi connectivity index (χ4n) is 0.957. The molecule has 0 spiro atoms. The molecule has 8 heavy (non-hydrogen) atoms. The van der Waals surface area contributed by atoms with Gasteiger partial charge in [-0.15, -0.1) is 0 Å². The van der Waals surface area contributed by atoms with Crippen LogP contribution < -0.4 is 11.1 Å². The Morgan fingerprint density at radius 1 is 1.62 bits per heavy atom. The predicted molar refractivity (Wildman–Crippen MR) is 34.6 cm³/mol. The van der Waals surface area contributed by atoms with Crippen LogP contribution in [-0.2, 0) is 0 Å². The average molecular weight is 114 g/mol. The maximum absolute atomic E-state index is 5.75. The molecule has 0 aromatic heterocycles. The van der Waals surface area contributed by atoms with Crippen LogP contribution in [0.2, 0.25) is 0 Å². The molecule has 1 fully saturated rings. The van der Waals surface area contributed by atoms with Gasteiger partial charge in [0, 0.05) is 19.1 Å². The quantitative estimate of drug-likeness (QED) is 0.463. The zero-order valence-corrected chi connectivity index (χ0v) is 5.57. The molecule has 0 aliphatic carbocycles. The van der Waals surface area contributed by atoms with Crippen LogP contribution in [0.15, 0.2) is 0 Å². The van der Waals surface area contributed by atoms with Crippen LogP contribution >= 0.6 is 0 Å². The monoisotopic (exact) mass is 114 g/mol. The fourth-order valence-corrected chi connectivity index (χ4v) is 0.957. The van der Waals surface area contributed by atoms with Crippen LogP contribution in [0.4, 0.5) is 0 Å². The van der Waals surface area contributed by atoms with Crippen molar-refractivity contribution in [3.8, 4) is 0 Å². The second-order valence-electron chi connectivity index (χ2n) is 3.23. The molecule has 1 heterocycles. The van der Waals surface area contributed by atoms with Crippen molar-refractivity contribution in [2.45, 2.75) is 19.9 Å². The zero-order chi connectivity index (χ0) is 6.20. The largest absolute Gasteiger partial charge is 0.326 e. The molecular formula is C6H14N2. The summed E-state index contributed by atoms with van der Waals surface area (Å²) in [5.41, 5.74) is 6.07. The van der Waals surface area contributed by atoms with Gasteiger partial charge >= 0.3 is 0 Å². The lowest BCUT2D eigenvalue weighted by molar-refractivity contribution is 0.363. The van der Waals surface area contributed by atoms with E-state index in [-0.39, 0.29) is 0 Å². The molecule has 0 aromatic carbocycles. The standard InChI is InChI=1S/C6H14N2/c1-6(2)4-8-3-5(6)7/h5,8H,3-4,7H2,1-2H3. The summed E-state index contributed by atoms with van der Waals surface area (Å²) in [4.78, 5) is 0. The Labute approximate surface area is 50.4 Å². The van der Waals surface area contributed by atoms with Crippen molar-refractivity contribution in [2.24, 2.45) is 11.1 Å². The van der Waals surface area contributed by atoms with E-state index in [0.717, 1.165) is 13.1 Å². The molecular weight excluding hydrogens is 100 g/mol. The molecule has 0 bridgehead atoms. The van der Waals surface area contributed by atoms with Crippen molar-refractivity contribution < 1.29 is 0 Å². The summed E-state index contributed by atoms with van der Waals surface area (Å²) in [7, 11) is 0. The number of hydrogen-bond donors (Lipinski definition) is 2. The van der Waals surface area contributed by atoms with Gasteiger partial charge in [-0.2, -0.15) is 0 Å². The summed E-state index contributed by atoms with van der Waals surface area (Å²) in [6.07, 6.45) is 0. The maximum atomic E-state index is 5.75. The summed E-state index contributed by atoms with van der Waals surface area (Å²) >= 11 is 0. The lowest BCUT2D eigenvalue weighted by Gasteiger charge is -2.20. The smallest absolute Gasteiger partial charge is 0.0229 e. The Kier molecular flexibility index (Phi) is 1.29. The molecule has 1 aliphatic heterocycles. The highest BCUT2D eigenvalue weighted by atomic mass is 15.0. The van der Waals surface area contributed by atoms with Crippen LogP contribution in [0.1, 0.15) is 13.8 Å². The number of hydrogen-bond acceptors (Lipinski definition) is 2. The maximum Gasteiger partial charge on any atom is 0.0229 e. The molecule has 0 radical (unpaired) electrons. The normalized spacial score (nSPS) is 35.6. The van der Waals surface area contributed by atoms with Gasteiger partial charge in [0.15, 0.2) is 0 Å². The van der Waals surface area contributed by atoms with Gasteiger partial charge in [0.1, 0.15) is 0 Å². The van der Waals surface area contributed by atoms with Gasteiger partial charge in [0.2, 0.25) is 0 Å². The third-order valence-electron chi connectivity index (χ3n) is 1.95. The van der Waals surface area contributed by atoms with Gasteiger partial charge in [-0.1, -0.05) is 13.8 Å².